The van der Waals surface area contributed by atoms with E-state index in [0.29, 0.717) is 0 Å². The summed E-state index contributed by atoms with van der Waals surface area (Å²) in [6, 6.07) is 0. The second-order valence-electron chi connectivity index (χ2n) is 8.87. The van der Waals surface area contributed by atoms with Crippen LogP contribution in [-0.2, 0) is 23.7 Å². The predicted molar refractivity (Wildman–Crippen MR) is 107 cm³/mol. The zero-order valence-electron chi connectivity index (χ0n) is 18.8. The van der Waals surface area contributed by atoms with Gasteiger partial charge in [0.25, 0.3) is 0 Å². The molecule has 212 valence electrons. The van der Waals surface area contributed by atoms with E-state index in [9.17, 15) is 61.3 Å². The number of aliphatic hydroxyl groups excluding tert-OH is 12. The SMILES string of the molecule is OC[C@@H](O)[C@H]1O[C@H](OC[C@H]2O[C@@H](O)[C@H](O)[C@@H](O)[C@@H]2O)[C@@H](O)[C@@H](O)[C@@H]1O[C@@H]1O[C@H](CO)[C@@H](O)[C@H](O)[C@H]1O. The molecule has 12 N–H and O–H groups in total. The van der Waals surface area contributed by atoms with Gasteiger partial charge in [0.05, 0.1) is 19.8 Å². The average molecular weight is 534 g/mol. The van der Waals surface area contributed by atoms with E-state index < -0.39 is 118 Å². The summed E-state index contributed by atoms with van der Waals surface area (Å²) >= 11 is 0. The first-order chi connectivity index (χ1) is 16.9. The highest BCUT2D eigenvalue weighted by molar-refractivity contribution is 4.96. The lowest BCUT2D eigenvalue weighted by molar-refractivity contribution is -0.369. The van der Waals surface area contributed by atoms with Gasteiger partial charge in [-0.25, -0.2) is 0 Å². The smallest absolute Gasteiger partial charge is 0.187 e. The van der Waals surface area contributed by atoms with Crippen LogP contribution in [0.2, 0.25) is 0 Å². The third-order valence-electron chi connectivity index (χ3n) is 6.40. The molecule has 3 saturated heterocycles. The highest BCUT2D eigenvalue weighted by Gasteiger charge is 2.53. The minimum absolute atomic E-state index is 0.642. The van der Waals surface area contributed by atoms with Crippen LogP contribution in [0.15, 0.2) is 0 Å². The van der Waals surface area contributed by atoms with Gasteiger partial charge in [0.15, 0.2) is 18.9 Å². The van der Waals surface area contributed by atoms with Gasteiger partial charge < -0.3 is 85.0 Å². The second kappa shape index (κ2) is 12.5. The Balaban J connectivity index is 1.70. The standard InChI is InChI=1S/C19H34O17/c20-1-4(22)15-16(36-19-13(29)10(26)7(23)5(2-21)34-19)11(27)14(30)18(35-15)32-3-6-8(24)9(25)12(28)17(31)33-6/h4-31H,1-3H2/t4-,5-,6-,7-,8-,9+,10+,11-,12-,13-,14+,15-,16+,17-,18+,19+/m1/s1. The van der Waals surface area contributed by atoms with Crippen molar-refractivity contribution in [2.45, 2.75) is 98.2 Å². The highest BCUT2D eigenvalue weighted by Crippen LogP contribution is 2.31. The molecule has 0 aromatic rings. The number of rotatable bonds is 8. The lowest BCUT2D eigenvalue weighted by Gasteiger charge is -2.47. The fourth-order valence-corrected chi connectivity index (χ4v) is 4.16. The van der Waals surface area contributed by atoms with Gasteiger partial charge in [0.2, 0.25) is 0 Å². The first kappa shape index (κ1) is 29.9. The van der Waals surface area contributed by atoms with Crippen LogP contribution >= 0.6 is 0 Å². The summed E-state index contributed by atoms with van der Waals surface area (Å²) in [5.74, 6) is 0. The molecular weight excluding hydrogens is 500 g/mol. The molecule has 0 radical (unpaired) electrons. The molecule has 3 aliphatic rings. The van der Waals surface area contributed by atoms with E-state index in [0.717, 1.165) is 0 Å². The van der Waals surface area contributed by atoms with Gasteiger partial charge in [-0.05, 0) is 0 Å². The maximum atomic E-state index is 10.7. The Labute approximate surface area is 203 Å². The summed E-state index contributed by atoms with van der Waals surface area (Å²) in [6.07, 6.45) is -27.8. The Bertz CT molecular complexity index is 684. The van der Waals surface area contributed by atoms with Gasteiger partial charge in [-0.1, -0.05) is 0 Å². The Morgan fingerprint density at radius 2 is 1.19 bits per heavy atom. The van der Waals surface area contributed by atoms with Gasteiger partial charge in [-0.3, -0.25) is 0 Å². The van der Waals surface area contributed by atoms with E-state index in [1.807, 2.05) is 0 Å². The minimum Gasteiger partial charge on any atom is -0.394 e. The molecule has 17 nitrogen and oxygen atoms in total. The third-order valence-corrected chi connectivity index (χ3v) is 6.40. The maximum Gasteiger partial charge on any atom is 0.187 e. The first-order valence-corrected chi connectivity index (χ1v) is 11.2. The van der Waals surface area contributed by atoms with Crippen molar-refractivity contribution >= 4 is 0 Å². The molecule has 3 aliphatic heterocycles. The number of hydrogen-bond acceptors (Lipinski definition) is 17. The Morgan fingerprint density at radius 3 is 1.81 bits per heavy atom. The van der Waals surface area contributed by atoms with Crippen molar-refractivity contribution < 1.29 is 85.0 Å². The molecular formula is C19H34O17. The van der Waals surface area contributed by atoms with E-state index in [4.69, 9.17) is 23.7 Å². The molecule has 3 heterocycles. The quantitative estimate of drug-likeness (QED) is 0.138. The Morgan fingerprint density at radius 1 is 0.611 bits per heavy atom. The summed E-state index contributed by atoms with van der Waals surface area (Å²) in [7, 11) is 0. The van der Waals surface area contributed by atoms with Gasteiger partial charge >= 0.3 is 0 Å². The van der Waals surface area contributed by atoms with Gasteiger partial charge in [0.1, 0.15) is 79.4 Å². The summed E-state index contributed by atoms with van der Waals surface area (Å²) in [5, 5.41) is 119. The van der Waals surface area contributed by atoms with Crippen LogP contribution in [0.25, 0.3) is 0 Å². The fraction of sp³-hybridized carbons (Fsp3) is 1.00. The zero-order chi connectivity index (χ0) is 26.9. The van der Waals surface area contributed by atoms with E-state index in [1.54, 1.807) is 0 Å². The summed E-state index contributed by atoms with van der Waals surface area (Å²) in [4.78, 5) is 0. The molecule has 16 atom stereocenters. The molecule has 0 unspecified atom stereocenters. The molecule has 3 fully saturated rings. The van der Waals surface area contributed by atoms with Crippen molar-refractivity contribution in [3.8, 4) is 0 Å². The van der Waals surface area contributed by atoms with Crippen LogP contribution in [0.1, 0.15) is 0 Å². The third kappa shape index (κ3) is 5.98. The maximum absolute atomic E-state index is 10.7. The van der Waals surface area contributed by atoms with E-state index >= 15 is 0 Å². The largest absolute Gasteiger partial charge is 0.394 e. The highest BCUT2D eigenvalue weighted by atomic mass is 16.7. The Kier molecular flexibility index (Phi) is 10.3. The van der Waals surface area contributed by atoms with E-state index in [2.05, 4.69) is 0 Å². The van der Waals surface area contributed by atoms with Crippen LogP contribution in [0.5, 0.6) is 0 Å². The van der Waals surface area contributed by atoms with Crippen molar-refractivity contribution in [3.05, 3.63) is 0 Å². The zero-order valence-corrected chi connectivity index (χ0v) is 18.8. The number of aliphatic hydroxyl groups is 12. The van der Waals surface area contributed by atoms with Gasteiger partial charge in [-0.15, -0.1) is 0 Å². The van der Waals surface area contributed by atoms with Crippen LogP contribution in [-0.4, -0.2) is 179 Å². The lowest BCUT2D eigenvalue weighted by Crippen LogP contribution is -2.66. The van der Waals surface area contributed by atoms with Crippen LogP contribution in [0, 0.1) is 0 Å². The van der Waals surface area contributed by atoms with E-state index in [-0.39, 0.29) is 0 Å². The second-order valence-corrected chi connectivity index (χ2v) is 8.87. The molecule has 36 heavy (non-hydrogen) atoms. The molecule has 17 heteroatoms. The predicted octanol–water partition coefficient (Wildman–Crippen LogP) is -8.21. The normalized spacial score (nSPS) is 51.2. The number of hydrogen-bond donors (Lipinski definition) is 12. The summed E-state index contributed by atoms with van der Waals surface area (Å²) in [6.45, 7) is -2.34. The van der Waals surface area contributed by atoms with Gasteiger partial charge in [0, 0.05) is 0 Å². The summed E-state index contributed by atoms with van der Waals surface area (Å²) in [5.41, 5.74) is 0. The summed E-state index contributed by atoms with van der Waals surface area (Å²) < 4.78 is 26.3. The topological polar surface area (TPSA) is 289 Å². The molecule has 0 amide bonds. The van der Waals surface area contributed by atoms with Crippen molar-refractivity contribution in [2.24, 2.45) is 0 Å². The van der Waals surface area contributed by atoms with Crippen molar-refractivity contribution in [2.75, 3.05) is 19.8 Å². The first-order valence-electron chi connectivity index (χ1n) is 11.2. The fourth-order valence-electron chi connectivity index (χ4n) is 4.16. The minimum atomic E-state index is -1.93. The number of ether oxygens (including phenoxy) is 5. The van der Waals surface area contributed by atoms with Crippen molar-refractivity contribution in [1.82, 2.24) is 0 Å². The molecule has 0 bridgehead atoms. The lowest BCUT2D eigenvalue weighted by atomic mass is 9.94. The van der Waals surface area contributed by atoms with Crippen LogP contribution in [0.3, 0.4) is 0 Å². The molecule has 0 aromatic heterocycles. The van der Waals surface area contributed by atoms with Crippen LogP contribution < -0.4 is 0 Å². The Hall–Kier alpha value is -0.680. The van der Waals surface area contributed by atoms with Gasteiger partial charge in [-0.2, -0.15) is 0 Å². The molecule has 0 aliphatic carbocycles. The van der Waals surface area contributed by atoms with Crippen LogP contribution in [0.4, 0.5) is 0 Å². The molecule has 3 rings (SSSR count). The monoisotopic (exact) mass is 534 g/mol. The average Bonchev–Trinajstić information content (AvgIpc) is 2.87. The molecule has 0 saturated carbocycles. The molecule has 0 spiro atoms. The van der Waals surface area contributed by atoms with Crippen molar-refractivity contribution in [3.63, 3.8) is 0 Å². The molecule has 0 aromatic carbocycles. The van der Waals surface area contributed by atoms with E-state index in [1.165, 1.54) is 0 Å². The van der Waals surface area contributed by atoms with Crippen molar-refractivity contribution in [1.29, 1.82) is 0 Å².